The number of hydrogen-bond acceptors (Lipinski definition) is 5. The van der Waals surface area contributed by atoms with Crippen molar-refractivity contribution in [3.8, 4) is 0 Å². The molecule has 2 unspecified atom stereocenters. The van der Waals surface area contributed by atoms with Gasteiger partial charge in [-0.3, -0.25) is 4.79 Å². The lowest BCUT2D eigenvalue weighted by molar-refractivity contribution is -0.140. The molecule has 172 valence electrons. The first-order valence-electron chi connectivity index (χ1n) is 10.8. The van der Waals surface area contributed by atoms with Gasteiger partial charge >= 0.3 is 5.97 Å². The Hall–Kier alpha value is -2.96. The Bertz CT molecular complexity index is 1140. The topological polar surface area (TPSA) is 64.6 Å². The number of hydrogen-bond donors (Lipinski definition) is 1. The van der Waals surface area contributed by atoms with Gasteiger partial charge in [0.05, 0.1) is 12.2 Å². The van der Waals surface area contributed by atoms with Crippen LogP contribution in [0.2, 0.25) is 5.02 Å². The molecule has 1 N–H and O–H groups in total. The molecule has 2 aromatic carbocycles. The summed E-state index contributed by atoms with van der Waals surface area (Å²) in [6.45, 7) is 2.15. The molecule has 0 saturated heterocycles. The molecule has 5 nitrogen and oxygen atoms in total. The number of methoxy groups -OCH3 is 1. The van der Waals surface area contributed by atoms with Gasteiger partial charge in [-0.2, -0.15) is 0 Å². The molecule has 0 radical (unpaired) electrons. The van der Waals surface area contributed by atoms with Gasteiger partial charge in [0, 0.05) is 41.4 Å². The van der Waals surface area contributed by atoms with Crippen molar-refractivity contribution in [2.45, 2.75) is 31.6 Å². The van der Waals surface area contributed by atoms with Gasteiger partial charge in [0.25, 0.3) is 0 Å². The maximum atomic E-state index is 13.7. The van der Waals surface area contributed by atoms with Crippen LogP contribution in [0, 0.1) is 5.82 Å². The van der Waals surface area contributed by atoms with Gasteiger partial charge in [-0.15, -0.1) is 0 Å². The number of halogens is 2. The molecule has 33 heavy (non-hydrogen) atoms. The first kappa shape index (κ1) is 23.2. The molecule has 7 heteroatoms. The summed E-state index contributed by atoms with van der Waals surface area (Å²) in [7, 11) is 1.52. The fourth-order valence-electron chi connectivity index (χ4n) is 4.62. The fraction of sp³-hybridized carbons (Fsp3) is 0.308. The Balaban J connectivity index is 1.75. The first-order chi connectivity index (χ1) is 15.9. The quantitative estimate of drug-likeness (QED) is 0.475. The van der Waals surface area contributed by atoms with Crippen molar-refractivity contribution >= 4 is 23.4 Å². The number of carbonyl (C=O) groups excluding carboxylic acids is 2. The number of rotatable bonds is 6. The molecular formula is C26H25ClFNO4. The number of carbonyl (C=O) groups is 2. The molecule has 1 aliphatic carbocycles. The lowest BCUT2D eigenvalue weighted by Crippen LogP contribution is -2.36. The Morgan fingerprint density at radius 2 is 1.85 bits per heavy atom. The third-order valence-electron chi connectivity index (χ3n) is 6.12. The van der Waals surface area contributed by atoms with Crippen molar-refractivity contribution in [3.05, 3.63) is 93.0 Å². The highest BCUT2D eigenvalue weighted by molar-refractivity contribution is 6.31. The monoisotopic (exact) mass is 469 g/mol. The van der Waals surface area contributed by atoms with Gasteiger partial charge in [0.15, 0.2) is 5.78 Å². The van der Waals surface area contributed by atoms with E-state index in [1.807, 2.05) is 24.3 Å². The molecule has 1 heterocycles. The number of dihydropyridines is 1. The molecule has 2 aliphatic rings. The molecule has 0 bridgehead atoms. The van der Waals surface area contributed by atoms with Crippen molar-refractivity contribution in [1.82, 2.24) is 5.32 Å². The SMILES string of the molecule is COCCOC(=O)C1=C(C)NC2=C(C(=O)CC(c3ccccc3Cl)C2)C1c1ccc(F)cc1. The highest BCUT2D eigenvalue weighted by Crippen LogP contribution is 2.46. The molecule has 2 atom stereocenters. The number of Topliss-reactive ketones (excluding diaryl/α,β-unsaturated/α-hetero) is 1. The maximum absolute atomic E-state index is 13.7. The second kappa shape index (κ2) is 9.89. The number of esters is 1. The zero-order chi connectivity index (χ0) is 23.5. The highest BCUT2D eigenvalue weighted by Gasteiger charge is 2.41. The maximum Gasteiger partial charge on any atom is 0.336 e. The van der Waals surface area contributed by atoms with Gasteiger partial charge in [0.1, 0.15) is 12.4 Å². The van der Waals surface area contributed by atoms with E-state index in [9.17, 15) is 14.0 Å². The number of benzene rings is 2. The second-order valence-electron chi connectivity index (χ2n) is 8.22. The van der Waals surface area contributed by atoms with Crippen LogP contribution in [0.4, 0.5) is 4.39 Å². The Morgan fingerprint density at radius 1 is 1.12 bits per heavy atom. The molecule has 0 amide bonds. The minimum absolute atomic E-state index is 0.0716. The average Bonchev–Trinajstić information content (AvgIpc) is 2.79. The van der Waals surface area contributed by atoms with Crippen LogP contribution >= 0.6 is 11.6 Å². The van der Waals surface area contributed by atoms with Crippen molar-refractivity contribution in [3.63, 3.8) is 0 Å². The van der Waals surface area contributed by atoms with Crippen LogP contribution in [-0.4, -0.2) is 32.1 Å². The highest BCUT2D eigenvalue weighted by atomic mass is 35.5. The van der Waals surface area contributed by atoms with Crippen molar-refractivity contribution in [1.29, 1.82) is 0 Å². The molecule has 0 saturated carbocycles. The van der Waals surface area contributed by atoms with E-state index in [2.05, 4.69) is 5.32 Å². The average molecular weight is 470 g/mol. The number of ether oxygens (including phenoxy) is 2. The Kier molecular flexibility index (Phi) is 6.96. The Morgan fingerprint density at radius 3 is 2.55 bits per heavy atom. The van der Waals surface area contributed by atoms with Gasteiger partial charge in [-0.25, -0.2) is 9.18 Å². The zero-order valence-corrected chi connectivity index (χ0v) is 19.2. The molecule has 0 aromatic heterocycles. The Labute approximate surface area is 197 Å². The van der Waals surface area contributed by atoms with Crippen molar-refractivity contribution < 1.29 is 23.5 Å². The van der Waals surface area contributed by atoms with Crippen molar-refractivity contribution in [2.24, 2.45) is 0 Å². The summed E-state index contributed by atoms with van der Waals surface area (Å²) in [5.74, 6) is -1.71. The van der Waals surface area contributed by atoms with E-state index >= 15 is 0 Å². The first-order valence-corrected chi connectivity index (χ1v) is 11.2. The largest absolute Gasteiger partial charge is 0.460 e. The lowest BCUT2D eigenvalue weighted by atomic mass is 9.71. The number of allylic oxidation sites excluding steroid dienone is 3. The minimum atomic E-state index is -0.642. The summed E-state index contributed by atoms with van der Waals surface area (Å²) in [5.41, 5.74) is 3.82. The molecule has 0 fully saturated rings. The molecule has 4 rings (SSSR count). The van der Waals surface area contributed by atoms with E-state index in [0.717, 1.165) is 11.3 Å². The van der Waals surface area contributed by atoms with Crippen LogP contribution in [0.5, 0.6) is 0 Å². The number of ketones is 1. The van der Waals surface area contributed by atoms with Crippen molar-refractivity contribution in [2.75, 3.05) is 20.3 Å². The summed E-state index contributed by atoms with van der Waals surface area (Å²) >= 11 is 6.41. The van der Waals surface area contributed by atoms with Crippen LogP contribution < -0.4 is 5.32 Å². The third kappa shape index (κ3) is 4.72. The van der Waals surface area contributed by atoms with Gasteiger partial charge < -0.3 is 14.8 Å². The summed E-state index contributed by atoms with van der Waals surface area (Å²) in [6.07, 6.45) is 0.846. The van der Waals surface area contributed by atoms with E-state index in [-0.39, 0.29) is 37.2 Å². The van der Waals surface area contributed by atoms with E-state index in [0.29, 0.717) is 33.9 Å². The summed E-state index contributed by atoms with van der Waals surface area (Å²) in [4.78, 5) is 26.5. The van der Waals surface area contributed by atoms with Crippen LogP contribution in [0.1, 0.15) is 42.7 Å². The van der Waals surface area contributed by atoms with Crippen LogP contribution in [-0.2, 0) is 19.1 Å². The van der Waals surface area contributed by atoms with Gasteiger partial charge in [0.2, 0.25) is 0 Å². The second-order valence-corrected chi connectivity index (χ2v) is 8.63. The van der Waals surface area contributed by atoms with Crippen LogP contribution in [0.25, 0.3) is 0 Å². The van der Waals surface area contributed by atoms with Crippen LogP contribution in [0.3, 0.4) is 0 Å². The standard InChI is InChI=1S/C26H25ClFNO4/c1-15-23(26(31)33-12-11-32-2)24(16-7-9-18(28)10-8-16)25-21(29-15)13-17(14-22(25)30)19-5-3-4-6-20(19)27/h3-10,17,24,29H,11-14H2,1-2H3. The normalized spacial score (nSPS) is 20.4. The fourth-order valence-corrected chi connectivity index (χ4v) is 4.91. The van der Waals surface area contributed by atoms with Crippen LogP contribution in [0.15, 0.2) is 71.1 Å². The van der Waals surface area contributed by atoms with E-state index < -0.39 is 11.9 Å². The lowest BCUT2D eigenvalue weighted by Gasteiger charge is -2.36. The minimum Gasteiger partial charge on any atom is -0.460 e. The molecule has 1 aliphatic heterocycles. The molecular weight excluding hydrogens is 445 g/mol. The van der Waals surface area contributed by atoms with Gasteiger partial charge in [-0.1, -0.05) is 41.9 Å². The van der Waals surface area contributed by atoms with E-state index in [1.54, 1.807) is 19.1 Å². The smallest absolute Gasteiger partial charge is 0.336 e. The molecule has 0 spiro atoms. The van der Waals surface area contributed by atoms with E-state index in [4.69, 9.17) is 21.1 Å². The number of nitrogens with one attached hydrogen (secondary N) is 1. The predicted molar refractivity (Wildman–Crippen MR) is 123 cm³/mol. The summed E-state index contributed by atoms with van der Waals surface area (Å²) in [6, 6.07) is 13.4. The van der Waals surface area contributed by atoms with Gasteiger partial charge in [-0.05, 0) is 48.6 Å². The molecule has 2 aromatic rings. The third-order valence-corrected chi connectivity index (χ3v) is 6.46. The zero-order valence-electron chi connectivity index (χ0n) is 18.5. The summed E-state index contributed by atoms with van der Waals surface area (Å²) in [5, 5.41) is 3.91. The predicted octanol–water partition coefficient (Wildman–Crippen LogP) is 5.03. The van der Waals surface area contributed by atoms with E-state index in [1.165, 1.54) is 19.2 Å². The summed E-state index contributed by atoms with van der Waals surface area (Å²) < 4.78 is 24.0.